The summed E-state index contributed by atoms with van der Waals surface area (Å²) in [5.74, 6) is -0.585. The van der Waals surface area contributed by atoms with Gasteiger partial charge in [-0.05, 0) is 24.6 Å². The second-order valence-electron chi connectivity index (χ2n) is 4.98. The average molecular weight is 299 g/mol. The van der Waals surface area contributed by atoms with Gasteiger partial charge in [0.25, 0.3) is 0 Å². The highest BCUT2D eigenvalue weighted by atomic mass is 16.5. The molecule has 0 radical (unpaired) electrons. The molecule has 0 spiro atoms. The number of hydrogen-bond acceptors (Lipinski definition) is 4. The van der Waals surface area contributed by atoms with E-state index >= 15 is 0 Å². The molecule has 0 saturated carbocycles. The molecule has 2 aromatic carbocycles. The lowest BCUT2D eigenvalue weighted by Gasteiger charge is -2.22. The number of ether oxygens (including phenoxy) is 1. The van der Waals surface area contributed by atoms with Crippen molar-refractivity contribution in [3.05, 3.63) is 66.2 Å². The number of nitrogens with one attached hydrogen (secondary N) is 1. The molecule has 0 aromatic heterocycles. The van der Waals surface area contributed by atoms with Crippen LogP contribution in [0, 0.1) is 0 Å². The maximum atomic E-state index is 11.7. The lowest BCUT2D eigenvalue weighted by atomic mass is 10.00. The quantitative estimate of drug-likeness (QED) is 0.771. The van der Waals surface area contributed by atoms with Crippen LogP contribution in [0.2, 0.25) is 0 Å². The molecule has 0 bridgehead atoms. The van der Waals surface area contributed by atoms with Crippen LogP contribution >= 0.6 is 0 Å². The summed E-state index contributed by atoms with van der Waals surface area (Å²) in [7, 11) is 0. The zero-order chi connectivity index (χ0) is 15.8. The molecule has 0 fully saturated rings. The van der Waals surface area contributed by atoms with Crippen molar-refractivity contribution < 1.29 is 14.6 Å². The number of carbonyl (C=O) groups is 1. The van der Waals surface area contributed by atoms with Crippen molar-refractivity contribution in [3.8, 4) is 0 Å². The summed E-state index contributed by atoms with van der Waals surface area (Å²) in [6.07, 6.45) is -0.904. The molecule has 2 atom stereocenters. The normalized spacial score (nSPS) is 13.2. The molecule has 116 valence electrons. The molecule has 22 heavy (non-hydrogen) atoms. The Labute approximate surface area is 130 Å². The average Bonchev–Trinajstić information content (AvgIpc) is 2.56. The molecule has 0 saturated heterocycles. The van der Waals surface area contributed by atoms with Crippen LogP contribution in [0.15, 0.2) is 60.7 Å². The van der Waals surface area contributed by atoms with Gasteiger partial charge in [-0.15, -0.1) is 0 Å². The van der Waals surface area contributed by atoms with Crippen LogP contribution in [0.4, 0.5) is 5.69 Å². The predicted molar refractivity (Wildman–Crippen MR) is 86.5 cm³/mol. The first-order valence-electron chi connectivity index (χ1n) is 7.42. The van der Waals surface area contributed by atoms with Crippen LogP contribution in [0.3, 0.4) is 0 Å². The Morgan fingerprint density at radius 1 is 1.09 bits per heavy atom. The monoisotopic (exact) mass is 299 g/mol. The van der Waals surface area contributed by atoms with Gasteiger partial charge in [-0.2, -0.15) is 0 Å². The van der Waals surface area contributed by atoms with Gasteiger partial charge >= 0.3 is 5.97 Å². The van der Waals surface area contributed by atoms with Gasteiger partial charge < -0.3 is 15.2 Å². The Hall–Kier alpha value is -2.33. The van der Waals surface area contributed by atoms with Crippen molar-refractivity contribution >= 4 is 11.7 Å². The van der Waals surface area contributed by atoms with Crippen LogP contribution in [-0.4, -0.2) is 23.8 Å². The van der Waals surface area contributed by atoms with Gasteiger partial charge in [0, 0.05) is 12.1 Å². The standard InChI is InChI=1S/C18H21NO3/c1-2-22-18(21)17(20)13-16(14-9-5-3-6-10-14)19-15-11-7-4-8-12-15/h3-12,16-17,19-20H,2,13H2,1H3. The molecule has 2 unspecified atom stereocenters. The van der Waals surface area contributed by atoms with Crippen LogP contribution in [0.5, 0.6) is 0 Å². The minimum Gasteiger partial charge on any atom is -0.464 e. The number of aliphatic hydroxyl groups is 1. The number of anilines is 1. The number of carbonyl (C=O) groups excluding carboxylic acids is 1. The van der Waals surface area contributed by atoms with Crippen molar-refractivity contribution in [3.63, 3.8) is 0 Å². The van der Waals surface area contributed by atoms with Crippen molar-refractivity contribution in [1.82, 2.24) is 0 Å². The second-order valence-corrected chi connectivity index (χ2v) is 4.98. The first-order chi connectivity index (χ1) is 10.7. The van der Waals surface area contributed by atoms with Crippen molar-refractivity contribution in [2.24, 2.45) is 0 Å². The summed E-state index contributed by atoms with van der Waals surface area (Å²) in [5, 5.41) is 13.4. The van der Waals surface area contributed by atoms with Crippen molar-refractivity contribution in [2.75, 3.05) is 11.9 Å². The Bertz CT molecular complexity index is 571. The fraction of sp³-hybridized carbons (Fsp3) is 0.278. The largest absolute Gasteiger partial charge is 0.464 e. The van der Waals surface area contributed by atoms with E-state index in [4.69, 9.17) is 4.74 Å². The third kappa shape index (κ3) is 4.60. The van der Waals surface area contributed by atoms with Gasteiger partial charge in [0.1, 0.15) is 0 Å². The Morgan fingerprint density at radius 3 is 2.27 bits per heavy atom. The van der Waals surface area contributed by atoms with Crippen LogP contribution in [-0.2, 0) is 9.53 Å². The number of aliphatic hydroxyl groups excluding tert-OH is 1. The minimum absolute atomic E-state index is 0.178. The Balaban J connectivity index is 2.13. The van der Waals surface area contributed by atoms with E-state index in [-0.39, 0.29) is 19.1 Å². The van der Waals surface area contributed by atoms with E-state index in [0.29, 0.717) is 0 Å². The number of hydrogen-bond donors (Lipinski definition) is 2. The SMILES string of the molecule is CCOC(=O)C(O)CC(Nc1ccccc1)c1ccccc1. The highest BCUT2D eigenvalue weighted by Crippen LogP contribution is 2.24. The predicted octanol–water partition coefficient (Wildman–Crippen LogP) is 3.15. The van der Waals surface area contributed by atoms with E-state index < -0.39 is 12.1 Å². The first-order valence-corrected chi connectivity index (χ1v) is 7.42. The third-order valence-electron chi connectivity index (χ3n) is 3.33. The number of para-hydroxylation sites is 1. The zero-order valence-corrected chi connectivity index (χ0v) is 12.6. The summed E-state index contributed by atoms with van der Waals surface area (Å²) < 4.78 is 4.87. The molecule has 2 N–H and O–H groups in total. The molecule has 4 nitrogen and oxygen atoms in total. The number of rotatable bonds is 7. The van der Waals surface area contributed by atoms with E-state index in [1.54, 1.807) is 6.92 Å². The number of benzene rings is 2. The van der Waals surface area contributed by atoms with Gasteiger partial charge in [-0.1, -0.05) is 48.5 Å². The van der Waals surface area contributed by atoms with Crippen LogP contribution in [0.1, 0.15) is 24.9 Å². The molecule has 0 amide bonds. The minimum atomic E-state index is -1.15. The summed E-state index contributed by atoms with van der Waals surface area (Å²) in [4.78, 5) is 11.7. The third-order valence-corrected chi connectivity index (χ3v) is 3.33. The summed E-state index contributed by atoms with van der Waals surface area (Å²) in [5.41, 5.74) is 1.95. The van der Waals surface area contributed by atoms with Crippen LogP contribution in [0.25, 0.3) is 0 Å². The smallest absolute Gasteiger partial charge is 0.335 e. The Kier molecular flexibility index (Phi) is 5.98. The lowest BCUT2D eigenvalue weighted by Crippen LogP contribution is -2.27. The second kappa shape index (κ2) is 8.20. The molecule has 0 aliphatic carbocycles. The molecule has 2 aromatic rings. The zero-order valence-electron chi connectivity index (χ0n) is 12.6. The van der Waals surface area contributed by atoms with E-state index in [0.717, 1.165) is 11.3 Å². The molecule has 2 rings (SSSR count). The molecule has 0 aliphatic heterocycles. The maximum absolute atomic E-state index is 11.7. The van der Waals surface area contributed by atoms with Gasteiger partial charge in [-0.25, -0.2) is 4.79 Å². The summed E-state index contributed by atoms with van der Waals surface area (Å²) >= 11 is 0. The first kappa shape index (κ1) is 16.0. The van der Waals surface area contributed by atoms with Crippen LogP contribution < -0.4 is 5.32 Å². The Morgan fingerprint density at radius 2 is 1.68 bits per heavy atom. The van der Waals surface area contributed by atoms with Gasteiger partial charge in [0.05, 0.1) is 12.6 Å². The summed E-state index contributed by atoms with van der Waals surface area (Å²) in [6.45, 7) is 1.99. The molecular weight excluding hydrogens is 278 g/mol. The maximum Gasteiger partial charge on any atom is 0.335 e. The fourth-order valence-corrected chi connectivity index (χ4v) is 2.26. The van der Waals surface area contributed by atoms with Crippen molar-refractivity contribution in [2.45, 2.75) is 25.5 Å². The molecular formula is C18H21NO3. The lowest BCUT2D eigenvalue weighted by molar-refractivity contribution is -0.153. The van der Waals surface area contributed by atoms with Gasteiger partial charge in [-0.3, -0.25) is 0 Å². The molecule has 0 heterocycles. The fourth-order valence-electron chi connectivity index (χ4n) is 2.26. The van der Waals surface area contributed by atoms with Crippen molar-refractivity contribution in [1.29, 1.82) is 0 Å². The molecule has 0 aliphatic rings. The summed E-state index contributed by atoms with van der Waals surface area (Å²) in [6, 6.07) is 19.3. The van der Waals surface area contributed by atoms with E-state index in [2.05, 4.69) is 5.32 Å². The van der Waals surface area contributed by atoms with E-state index in [1.807, 2.05) is 60.7 Å². The molecule has 4 heteroatoms. The highest BCUT2D eigenvalue weighted by molar-refractivity contribution is 5.74. The van der Waals surface area contributed by atoms with Gasteiger partial charge in [0.15, 0.2) is 6.10 Å². The topological polar surface area (TPSA) is 58.6 Å². The van der Waals surface area contributed by atoms with Gasteiger partial charge in [0.2, 0.25) is 0 Å². The van der Waals surface area contributed by atoms with E-state index in [9.17, 15) is 9.90 Å². The number of esters is 1. The highest BCUT2D eigenvalue weighted by Gasteiger charge is 2.22. The van der Waals surface area contributed by atoms with E-state index in [1.165, 1.54) is 0 Å².